The lowest BCUT2D eigenvalue weighted by Gasteiger charge is -2.40. The Labute approximate surface area is 250 Å². The highest BCUT2D eigenvalue weighted by Gasteiger charge is 2.29. The number of guanidine groups is 1. The van der Waals surface area contributed by atoms with Gasteiger partial charge in [-0.3, -0.25) is 24.4 Å². The van der Waals surface area contributed by atoms with Crippen molar-refractivity contribution in [3.05, 3.63) is 12.4 Å². The first-order valence-electron chi connectivity index (χ1n) is 15.8. The second-order valence-electron chi connectivity index (χ2n) is 12.8. The number of nitrogens with one attached hydrogen (secondary N) is 1. The van der Waals surface area contributed by atoms with Crippen molar-refractivity contribution in [2.24, 2.45) is 28.1 Å². The number of likely N-dealkylation sites (tertiary alicyclic amines) is 1. The predicted octanol–water partition coefficient (Wildman–Crippen LogP) is 3.02. The standard InChI is InChI=1S/C16H32N4O.C15H30N4O/c1-16(2,3)20-11-8-13(9-12-20)14(21)7-5-4-6-10-19-15(17)18;1-13(2)18-9-11-19(12-10-18)15(20)7-5-4-6-8-17-14(3)16/h13H,4-12H2,1-3H3,(H4,17,18,19);13,17H,3-12,16H2,1-2H3. The number of hydrogen-bond acceptors (Lipinski definition) is 7. The van der Waals surface area contributed by atoms with Crippen LogP contribution in [0, 0.1) is 5.92 Å². The third-order valence-corrected chi connectivity index (χ3v) is 8.09. The minimum Gasteiger partial charge on any atom is -0.386 e. The van der Waals surface area contributed by atoms with E-state index in [1.165, 1.54) is 0 Å². The van der Waals surface area contributed by atoms with E-state index < -0.39 is 0 Å². The molecule has 10 heteroatoms. The van der Waals surface area contributed by atoms with Gasteiger partial charge in [0.2, 0.25) is 5.91 Å². The molecule has 2 heterocycles. The predicted molar refractivity (Wildman–Crippen MR) is 171 cm³/mol. The molecule has 0 atom stereocenters. The fourth-order valence-electron chi connectivity index (χ4n) is 5.35. The second kappa shape index (κ2) is 19.7. The number of aliphatic imine (C=N–C) groups is 1. The van der Waals surface area contributed by atoms with Crippen molar-refractivity contribution in [3.63, 3.8) is 0 Å². The lowest BCUT2D eigenvalue weighted by Crippen LogP contribution is -2.50. The molecule has 2 aliphatic heterocycles. The van der Waals surface area contributed by atoms with E-state index in [0.29, 0.717) is 42.9 Å². The molecule has 0 spiro atoms. The maximum atomic E-state index is 12.2. The summed E-state index contributed by atoms with van der Waals surface area (Å²) in [4.78, 5) is 35.1. The maximum Gasteiger partial charge on any atom is 0.222 e. The smallest absolute Gasteiger partial charge is 0.222 e. The summed E-state index contributed by atoms with van der Waals surface area (Å²) in [6.45, 7) is 22.1. The lowest BCUT2D eigenvalue weighted by molar-refractivity contribution is -0.133. The van der Waals surface area contributed by atoms with E-state index in [2.05, 4.69) is 61.3 Å². The fourth-order valence-corrected chi connectivity index (χ4v) is 5.35. The summed E-state index contributed by atoms with van der Waals surface area (Å²) in [5, 5.41) is 2.99. The van der Waals surface area contributed by atoms with Gasteiger partial charge in [-0.2, -0.15) is 0 Å². The molecule has 0 radical (unpaired) electrons. The van der Waals surface area contributed by atoms with E-state index in [1.54, 1.807) is 0 Å². The molecule has 41 heavy (non-hydrogen) atoms. The molecule has 7 N–H and O–H groups in total. The van der Waals surface area contributed by atoms with Crippen molar-refractivity contribution in [1.82, 2.24) is 20.0 Å². The first-order valence-corrected chi connectivity index (χ1v) is 15.8. The molecular weight excluding hydrogens is 516 g/mol. The number of hydrogen-bond donors (Lipinski definition) is 4. The van der Waals surface area contributed by atoms with E-state index in [1.807, 2.05) is 4.90 Å². The Morgan fingerprint density at radius 2 is 1.46 bits per heavy atom. The average Bonchev–Trinajstić information content (AvgIpc) is 2.92. The molecule has 0 aromatic heterocycles. The van der Waals surface area contributed by atoms with Crippen LogP contribution in [0.1, 0.15) is 98.8 Å². The van der Waals surface area contributed by atoms with Crippen LogP contribution in [-0.2, 0) is 9.59 Å². The van der Waals surface area contributed by atoms with Crippen LogP contribution in [-0.4, -0.2) is 96.3 Å². The van der Waals surface area contributed by atoms with Gasteiger partial charge in [-0.1, -0.05) is 19.4 Å². The van der Waals surface area contributed by atoms with Crippen LogP contribution in [0.25, 0.3) is 0 Å². The minimum absolute atomic E-state index is 0.150. The number of nitrogens with zero attached hydrogens (tertiary/aromatic N) is 4. The normalized spacial score (nSPS) is 17.1. The van der Waals surface area contributed by atoms with Gasteiger partial charge in [0, 0.05) is 69.6 Å². The van der Waals surface area contributed by atoms with Gasteiger partial charge in [0.05, 0.1) is 5.82 Å². The van der Waals surface area contributed by atoms with Gasteiger partial charge in [-0.05, 0) is 86.2 Å². The molecule has 0 aliphatic carbocycles. The number of Topliss-reactive ketones (excluding diaryl/α,β-unsaturated/α-hetero) is 1. The molecule has 0 bridgehead atoms. The Bertz CT molecular complexity index is 788. The number of ketones is 1. The monoisotopic (exact) mass is 578 g/mol. The van der Waals surface area contributed by atoms with Crippen LogP contribution in [0.4, 0.5) is 0 Å². The third-order valence-electron chi connectivity index (χ3n) is 8.09. The van der Waals surface area contributed by atoms with Crippen LogP contribution < -0.4 is 22.5 Å². The summed E-state index contributed by atoms with van der Waals surface area (Å²) in [7, 11) is 0. The molecule has 2 aliphatic rings. The average molecular weight is 579 g/mol. The van der Waals surface area contributed by atoms with Gasteiger partial charge in [0.15, 0.2) is 5.96 Å². The molecular formula is C31H62N8O2. The van der Waals surface area contributed by atoms with Crippen molar-refractivity contribution >= 4 is 17.6 Å². The maximum absolute atomic E-state index is 12.2. The molecule has 0 saturated carbocycles. The van der Waals surface area contributed by atoms with Crippen LogP contribution in [0.3, 0.4) is 0 Å². The Kier molecular flexibility index (Phi) is 17.7. The van der Waals surface area contributed by atoms with E-state index in [9.17, 15) is 9.59 Å². The summed E-state index contributed by atoms with van der Waals surface area (Å²) >= 11 is 0. The summed E-state index contributed by atoms with van der Waals surface area (Å²) in [6, 6.07) is 0.581. The topological polar surface area (TPSA) is 146 Å². The summed E-state index contributed by atoms with van der Waals surface area (Å²) in [5.41, 5.74) is 16.2. The quantitative estimate of drug-likeness (QED) is 0.132. The Morgan fingerprint density at radius 3 is 2.00 bits per heavy atom. The zero-order valence-electron chi connectivity index (χ0n) is 26.9. The van der Waals surface area contributed by atoms with Gasteiger partial charge >= 0.3 is 0 Å². The third kappa shape index (κ3) is 16.6. The molecule has 0 aromatic rings. The molecule has 2 saturated heterocycles. The van der Waals surface area contributed by atoms with Gasteiger partial charge in [0.25, 0.3) is 0 Å². The number of rotatable bonds is 15. The molecule has 1 amide bonds. The summed E-state index contributed by atoms with van der Waals surface area (Å²) in [5.74, 6) is 1.71. The molecule has 0 unspecified atom stereocenters. The van der Waals surface area contributed by atoms with Crippen LogP contribution in [0.15, 0.2) is 17.4 Å². The van der Waals surface area contributed by atoms with E-state index in [0.717, 1.165) is 97.2 Å². The largest absolute Gasteiger partial charge is 0.386 e. The number of amides is 1. The van der Waals surface area contributed by atoms with Crippen molar-refractivity contribution in [2.75, 3.05) is 52.4 Å². The van der Waals surface area contributed by atoms with Crippen LogP contribution in [0.2, 0.25) is 0 Å². The zero-order chi connectivity index (χ0) is 30.8. The first-order chi connectivity index (χ1) is 19.3. The Balaban J connectivity index is 0.000000410. The van der Waals surface area contributed by atoms with E-state index in [-0.39, 0.29) is 17.4 Å². The Morgan fingerprint density at radius 1 is 0.878 bits per heavy atom. The van der Waals surface area contributed by atoms with Crippen molar-refractivity contribution in [1.29, 1.82) is 0 Å². The molecule has 2 rings (SSSR count). The zero-order valence-corrected chi connectivity index (χ0v) is 26.9. The lowest BCUT2D eigenvalue weighted by atomic mass is 9.88. The van der Waals surface area contributed by atoms with Crippen molar-refractivity contribution in [3.8, 4) is 0 Å². The number of piperazine rings is 1. The summed E-state index contributed by atoms with van der Waals surface area (Å²) < 4.78 is 0. The first kappa shape index (κ1) is 36.7. The summed E-state index contributed by atoms with van der Waals surface area (Å²) in [6.07, 6.45) is 9.39. The molecule has 2 fully saturated rings. The van der Waals surface area contributed by atoms with Crippen molar-refractivity contribution < 1.29 is 9.59 Å². The second-order valence-corrected chi connectivity index (χ2v) is 12.8. The fraction of sp³-hybridized carbons (Fsp3) is 0.839. The minimum atomic E-state index is 0.150. The van der Waals surface area contributed by atoms with Crippen LogP contribution in [0.5, 0.6) is 0 Å². The van der Waals surface area contributed by atoms with Crippen molar-refractivity contribution in [2.45, 2.75) is 110 Å². The number of piperidine rings is 1. The number of nitrogens with two attached hydrogens (primary N) is 3. The number of carbonyl (C=O) groups is 2. The van der Waals surface area contributed by atoms with Gasteiger partial charge in [-0.15, -0.1) is 0 Å². The highest BCUT2D eigenvalue weighted by Crippen LogP contribution is 2.25. The molecule has 0 aromatic carbocycles. The van der Waals surface area contributed by atoms with Crippen LogP contribution >= 0.6 is 0 Å². The number of carbonyl (C=O) groups excluding carboxylic acids is 2. The molecule has 238 valence electrons. The SMILES string of the molecule is C=C(N)NCCCCCC(=O)N1CCN(C(C)C)CC1.CC(C)(C)N1CCC(C(=O)CCCCCN=C(N)N)CC1. The van der Waals surface area contributed by atoms with E-state index in [4.69, 9.17) is 17.2 Å². The Hall–Kier alpha value is -2.33. The van der Waals surface area contributed by atoms with Gasteiger partial charge in [-0.25, -0.2) is 0 Å². The van der Waals surface area contributed by atoms with Gasteiger partial charge < -0.3 is 27.4 Å². The molecule has 10 nitrogen and oxygen atoms in total. The number of unbranched alkanes of at least 4 members (excludes halogenated alkanes) is 4. The highest BCUT2D eigenvalue weighted by atomic mass is 16.2. The highest BCUT2D eigenvalue weighted by molar-refractivity contribution is 5.81. The van der Waals surface area contributed by atoms with E-state index >= 15 is 0 Å². The van der Waals surface area contributed by atoms with Gasteiger partial charge in [0.1, 0.15) is 5.78 Å².